The van der Waals surface area contributed by atoms with E-state index >= 15 is 0 Å². The molecule has 0 aromatic heterocycles. The molecule has 1 fully saturated rings. The highest BCUT2D eigenvalue weighted by atomic mass is 19.4. The van der Waals surface area contributed by atoms with Gasteiger partial charge in [0, 0.05) is 0 Å². The molecule has 2 amide bonds. The van der Waals surface area contributed by atoms with Gasteiger partial charge in [0.1, 0.15) is 13.2 Å². The van der Waals surface area contributed by atoms with Crippen LogP contribution in [-0.4, -0.2) is 52.7 Å². The number of rotatable bonds is 2. The Morgan fingerprint density at radius 2 is 1.71 bits per heavy atom. The highest BCUT2D eigenvalue weighted by Crippen LogP contribution is 2.36. The Balaban J connectivity index is 3.28. The van der Waals surface area contributed by atoms with E-state index in [1.165, 1.54) is 0 Å². The van der Waals surface area contributed by atoms with Gasteiger partial charge in [0.2, 0.25) is 5.54 Å². The number of carbonyl (C=O) groups is 3. The number of imide groups is 1. The average Bonchev–Trinajstić information content (AvgIpc) is 2.14. The SMILES string of the molecule is CC(C(=O)O)(N1C(=O)COCC1=O)C(F)(F)F. The molecule has 1 saturated heterocycles. The number of carbonyl (C=O) groups excluding carboxylic acids is 2. The van der Waals surface area contributed by atoms with Crippen LogP contribution in [0.4, 0.5) is 13.2 Å². The van der Waals surface area contributed by atoms with Gasteiger partial charge >= 0.3 is 12.1 Å². The lowest BCUT2D eigenvalue weighted by molar-refractivity contribution is -0.236. The van der Waals surface area contributed by atoms with E-state index < -0.39 is 42.7 Å². The summed E-state index contributed by atoms with van der Waals surface area (Å²) in [5.74, 6) is -4.99. The van der Waals surface area contributed by atoms with Gasteiger partial charge in [-0.1, -0.05) is 0 Å². The van der Waals surface area contributed by atoms with Crippen LogP contribution in [0.2, 0.25) is 0 Å². The summed E-state index contributed by atoms with van der Waals surface area (Å²) < 4.78 is 42.6. The molecule has 0 radical (unpaired) electrons. The molecule has 1 N–H and O–H groups in total. The zero-order valence-electron chi connectivity index (χ0n) is 8.58. The third kappa shape index (κ3) is 1.97. The second-order valence-corrected chi connectivity index (χ2v) is 3.49. The summed E-state index contributed by atoms with van der Waals surface area (Å²) >= 11 is 0. The van der Waals surface area contributed by atoms with E-state index in [1.807, 2.05) is 0 Å². The highest BCUT2D eigenvalue weighted by molar-refractivity contribution is 6.03. The number of alkyl halides is 3. The number of nitrogens with zero attached hydrogens (tertiary/aromatic N) is 1. The van der Waals surface area contributed by atoms with Crippen molar-refractivity contribution in [1.29, 1.82) is 0 Å². The molecule has 0 saturated carbocycles. The first-order valence-electron chi connectivity index (χ1n) is 4.36. The standard InChI is InChI=1S/C8H8F3NO5/c1-7(6(15)16,8(9,10)11)12-4(13)2-17-3-5(12)14/h2-3H2,1H3,(H,15,16). The zero-order chi connectivity index (χ0) is 13.4. The fraction of sp³-hybridized carbons (Fsp3) is 0.625. The van der Waals surface area contributed by atoms with Crippen molar-refractivity contribution in [1.82, 2.24) is 4.90 Å². The van der Waals surface area contributed by atoms with Gasteiger partial charge in [-0.3, -0.25) is 14.5 Å². The monoisotopic (exact) mass is 255 g/mol. The minimum absolute atomic E-state index is 0.260. The van der Waals surface area contributed by atoms with Gasteiger partial charge < -0.3 is 9.84 Å². The van der Waals surface area contributed by atoms with Crippen LogP contribution in [0, 0.1) is 0 Å². The molecule has 0 aromatic rings. The smallest absolute Gasteiger partial charge is 0.422 e. The number of ether oxygens (including phenoxy) is 1. The van der Waals surface area contributed by atoms with Crippen LogP contribution in [0.3, 0.4) is 0 Å². The lowest BCUT2D eigenvalue weighted by Gasteiger charge is -2.39. The first-order valence-corrected chi connectivity index (χ1v) is 4.36. The van der Waals surface area contributed by atoms with Crippen molar-refractivity contribution in [3.05, 3.63) is 0 Å². The summed E-state index contributed by atoms with van der Waals surface area (Å²) in [7, 11) is 0. The number of halogens is 3. The molecule has 17 heavy (non-hydrogen) atoms. The lowest BCUT2D eigenvalue weighted by atomic mass is 9.98. The predicted molar refractivity (Wildman–Crippen MR) is 44.8 cm³/mol. The molecule has 0 aliphatic carbocycles. The molecule has 1 aliphatic rings. The minimum atomic E-state index is -5.28. The van der Waals surface area contributed by atoms with Crippen molar-refractivity contribution >= 4 is 17.8 Å². The number of hydrogen-bond acceptors (Lipinski definition) is 4. The highest BCUT2D eigenvalue weighted by Gasteiger charge is 2.64. The topological polar surface area (TPSA) is 83.9 Å². The van der Waals surface area contributed by atoms with Crippen molar-refractivity contribution in [2.45, 2.75) is 18.6 Å². The lowest BCUT2D eigenvalue weighted by Crippen LogP contribution is -2.68. The Kier molecular flexibility index (Phi) is 3.15. The van der Waals surface area contributed by atoms with Crippen LogP contribution in [0.15, 0.2) is 0 Å². The molecule has 1 rings (SSSR count). The number of carboxylic acids is 1. The van der Waals surface area contributed by atoms with Gasteiger partial charge in [-0.05, 0) is 6.92 Å². The quantitative estimate of drug-likeness (QED) is 0.689. The molecule has 0 spiro atoms. The van der Waals surface area contributed by atoms with Gasteiger partial charge in [-0.15, -0.1) is 0 Å². The van der Waals surface area contributed by atoms with Crippen LogP contribution >= 0.6 is 0 Å². The number of aliphatic carboxylic acids is 1. The number of carboxylic acid groups (broad SMARTS) is 1. The van der Waals surface area contributed by atoms with Crippen molar-refractivity contribution in [3.8, 4) is 0 Å². The van der Waals surface area contributed by atoms with Crippen LogP contribution in [0.1, 0.15) is 6.92 Å². The van der Waals surface area contributed by atoms with Crippen molar-refractivity contribution in [3.63, 3.8) is 0 Å². The van der Waals surface area contributed by atoms with Crippen LogP contribution in [0.5, 0.6) is 0 Å². The first-order chi connectivity index (χ1) is 7.62. The van der Waals surface area contributed by atoms with E-state index in [9.17, 15) is 27.6 Å². The molecule has 0 bridgehead atoms. The molecule has 1 aliphatic heterocycles. The maximum atomic E-state index is 12.7. The summed E-state index contributed by atoms with van der Waals surface area (Å²) in [6.45, 7) is -1.26. The molecule has 1 heterocycles. The fourth-order valence-corrected chi connectivity index (χ4v) is 1.34. The average molecular weight is 255 g/mol. The maximum Gasteiger partial charge on any atom is 0.422 e. The summed E-state index contributed by atoms with van der Waals surface area (Å²) in [6, 6.07) is 0. The van der Waals surface area contributed by atoms with Crippen LogP contribution in [-0.2, 0) is 19.1 Å². The molecule has 96 valence electrons. The molecule has 1 unspecified atom stereocenters. The maximum absolute atomic E-state index is 12.7. The summed E-state index contributed by atoms with van der Waals surface area (Å²) in [5, 5.41) is 8.65. The minimum Gasteiger partial charge on any atom is -0.479 e. The van der Waals surface area contributed by atoms with E-state index in [4.69, 9.17) is 5.11 Å². The number of morpholine rings is 1. The summed E-state index contributed by atoms with van der Waals surface area (Å²) in [5.41, 5.74) is -3.58. The Morgan fingerprint density at radius 1 is 1.29 bits per heavy atom. The molecular formula is C8H8F3NO5. The second-order valence-electron chi connectivity index (χ2n) is 3.49. The fourth-order valence-electron chi connectivity index (χ4n) is 1.34. The first kappa shape index (κ1) is 13.4. The molecular weight excluding hydrogens is 247 g/mol. The van der Waals surface area contributed by atoms with Gasteiger partial charge in [-0.2, -0.15) is 13.2 Å². The largest absolute Gasteiger partial charge is 0.479 e. The number of hydrogen-bond donors (Lipinski definition) is 1. The van der Waals surface area contributed by atoms with E-state index in [2.05, 4.69) is 4.74 Å². The van der Waals surface area contributed by atoms with Gasteiger partial charge in [-0.25, -0.2) is 4.79 Å². The molecule has 9 heteroatoms. The summed E-state index contributed by atoms with van der Waals surface area (Å²) in [4.78, 5) is 32.9. The van der Waals surface area contributed by atoms with Gasteiger partial charge in [0.15, 0.2) is 0 Å². The van der Waals surface area contributed by atoms with E-state index in [0.29, 0.717) is 0 Å². The van der Waals surface area contributed by atoms with E-state index in [1.54, 1.807) is 0 Å². The van der Waals surface area contributed by atoms with Crippen LogP contribution < -0.4 is 0 Å². The Morgan fingerprint density at radius 3 is 2.00 bits per heavy atom. The third-order valence-electron chi connectivity index (χ3n) is 2.37. The Bertz CT molecular complexity index is 364. The van der Waals surface area contributed by atoms with Crippen molar-refractivity contribution < 1.29 is 37.4 Å². The van der Waals surface area contributed by atoms with Crippen molar-refractivity contribution in [2.75, 3.05) is 13.2 Å². The van der Waals surface area contributed by atoms with E-state index in [-0.39, 0.29) is 11.8 Å². The Labute approximate surface area is 92.9 Å². The second kappa shape index (κ2) is 3.99. The molecule has 6 nitrogen and oxygen atoms in total. The predicted octanol–water partition coefficient (Wildman–Crippen LogP) is -0.223. The number of amides is 2. The van der Waals surface area contributed by atoms with Crippen LogP contribution in [0.25, 0.3) is 0 Å². The van der Waals surface area contributed by atoms with Gasteiger partial charge in [0.25, 0.3) is 11.8 Å². The third-order valence-corrected chi connectivity index (χ3v) is 2.37. The van der Waals surface area contributed by atoms with Gasteiger partial charge in [0.05, 0.1) is 0 Å². The van der Waals surface area contributed by atoms with Crippen molar-refractivity contribution in [2.24, 2.45) is 0 Å². The molecule has 0 aromatic carbocycles. The Hall–Kier alpha value is -1.64. The normalized spacial score (nSPS) is 21.3. The zero-order valence-corrected chi connectivity index (χ0v) is 8.58. The van der Waals surface area contributed by atoms with E-state index in [0.717, 1.165) is 0 Å². The molecule has 1 atom stereocenters. The summed E-state index contributed by atoms with van der Waals surface area (Å²) in [6.07, 6.45) is -5.28.